The van der Waals surface area contributed by atoms with E-state index in [1.54, 1.807) is 0 Å². The second kappa shape index (κ2) is 41.4. The molecule has 0 amide bonds. The maximum Gasteiger partial charge on any atom is 0.472 e. The molecule has 0 rings (SSSR count). The summed E-state index contributed by atoms with van der Waals surface area (Å²) in [6.07, 6.45) is 42.9. The topological polar surface area (TPSA) is 108 Å². The van der Waals surface area contributed by atoms with E-state index in [-0.39, 0.29) is 25.6 Å². The Labute approximate surface area is 359 Å². The van der Waals surface area contributed by atoms with E-state index in [2.05, 4.69) is 13.8 Å². The fourth-order valence-electron chi connectivity index (χ4n) is 7.25. The monoisotopic (exact) mass is 847 g/mol. The molecule has 2 atom stereocenters. The number of likely N-dealkylation sites (N-methyl/N-ethyl adjacent to an activating group) is 1. The van der Waals surface area contributed by atoms with Gasteiger partial charge in [-0.2, -0.15) is 0 Å². The second-order valence-corrected chi connectivity index (χ2v) is 19.7. The summed E-state index contributed by atoms with van der Waals surface area (Å²) in [5, 5.41) is 0. The van der Waals surface area contributed by atoms with E-state index in [9.17, 15) is 19.0 Å². The molecule has 0 fully saturated rings. The van der Waals surface area contributed by atoms with Gasteiger partial charge in [-0.3, -0.25) is 18.6 Å². The van der Waals surface area contributed by atoms with Gasteiger partial charge in [0.1, 0.15) is 19.8 Å². The van der Waals surface area contributed by atoms with Crippen LogP contribution in [0.1, 0.15) is 245 Å². The second-order valence-electron chi connectivity index (χ2n) is 18.2. The number of hydrogen-bond acceptors (Lipinski definition) is 7. The molecule has 0 radical (unpaired) electrons. The molecule has 58 heavy (non-hydrogen) atoms. The number of phosphoric acid groups is 1. The summed E-state index contributed by atoms with van der Waals surface area (Å²) < 4.78 is 34.4. The third-order valence-electron chi connectivity index (χ3n) is 11.1. The van der Waals surface area contributed by atoms with E-state index >= 15 is 0 Å². The minimum absolute atomic E-state index is 0.0371. The predicted octanol–water partition coefficient (Wildman–Crippen LogP) is 14.4. The van der Waals surface area contributed by atoms with E-state index in [4.69, 9.17) is 18.5 Å². The largest absolute Gasteiger partial charge is 0.472 e. The Morgan fingerprint density at radius 3 is 1.10 bits per heavy atom. The molecule has 9 nitrogen and oxygen atoms in total. The van der Waals surface area contributed by atoms with E-state index < -0.39 is 26.5 Å². The average molecular weight is 847 g/mol. The Bertz CT molecular complexity index is 958. The molecule has 0 saturated heterocycles. The van der Waals surface area contributed by atoms with Gasteiger partial charge in [0, 0.05) is 12.8 Å². The number of hydrogen-bond donors (Lipinski definition) is 1. The van der Waals surface area contributed by atoms with Crippen LogP contribution >= 0.6 is 7.82 Å². The molecule has 0 saturated carbocycles. The van der Waals surface area contributed by atoms with Crippen molar-refractivity contribution < 1.29 is 42.1 Å². The van der Waals surface area contributed by atoms with Gasteiger partial charge in [-0.05, 0) is 12.8 Å². The highest BCUT2D eigenvalue weighted by Crippen LogP contribution is 2.43. The van der Waals surface area contributed by atoms with E-state index in [1.165, 1.54) is 180 Å². The first-order chi connectivity index (χ1) is 28.0. The fourth-order valence-corrected chi connectivity index (χ4v) is 7.99. The molecule has 0 aromatic rings. The average Bonchev–Trinajstić information content (AvgIpc) is 3.17. The van der Waals surface area contributed by atoms with E-state index in [0.29, 0.717) is 17.4 Å². The van der Waals surface area contributed by atoms with Gasteiger partial charge in [0.15, 0.2) is 6.10 Å². The normalized spacial score (nSPS) is 13.4. The first-order valence-corrected chi connectivity index (χ1v) is 26.3. The maximum atomic E-state index is 12.7. The van der Waals surface area contributed by atoms with Crippen LogP contribution in [-0.4, -0.2) is 74.9 Å². The molecule has 10 heteroatoms. The van der Waals surface area contributed by atoms with Crippen LogP contribution < -0.4 is 0 Å². The fraction of sp³-hybridized carbons (Fsp3) is 0.958. The molecule has 0 aliphatic rings. The summed E-state index contributed by atoms with van der Waals surface area (Å²) in [5.41, 5.74) is 0. The summed E-state index contributed by atoms with van der Waals surface area (Å²) in [6, 6.07) is 0. The first-order valence-electron chi connectivity index (χ1n) is 24.8. The highest BCUT2D eigenvalue weighted by molar-refractivity contribution is 7.47. The van der Waals surface area contributed by atoms with Crippen LogP contribution in [0.25, 0.3) is 0 Å². The lowest BCUT2D eigenvalue weighted by atomic mass is 10.0. The molecule has 0 bridgehead atoms. The lowest BCUT2D eigenvalue weighted by Gasteiger charge is -2.24. The van der Waals surface area contributed by atoms with Crippen molar-refractivity contribution in [2.75, 3.05) is 47.5 Å². The Morgan fingerprint density at radius 2 is 0.776 bits per heavy atom. The maximum absolute atomic E-state index is 12.7. The quantitative estimate of drug-likeness (QED) is 0.0279. The number of unbranched alkanes of at least 4 members (excludes halogenated alkanes) is 32. The van der Waals surface area contributed by atoms with Gasteiger partial charge in [0.25, 0.3) is 0 Å². The zero-order valence-corrected chi connectivity index (χ0v) is 40.0. The Kier molecular flexibility index (Phi) is 40.7. The molecular formula is C48H97NO8P+. The van der Waals surface area contributed by atoms with Gasteiger partial charge in [-0.15, -0.1) is 0 Å². The third-order valence-corrected chi connectivity index (χ3v) is 12.1. The molecule has 1 unspecified atom stereocenters. The van der Waals surface area contributed by atoms with Gasteiger partial charge in [-0.1, -0.05) is 219 Å². The minimum Gasteiger partial charge on any atom is -0.462 e. The summed E-state index contributed by atoms with van der Waals surface area (Å²) in [4.78, 5) is 35.5. The van der Waals surface area contributed by atoms with Crippen molar-refractivity contribution >= 4 is 19.8 Å². The van der Waals surface area contributed by atoms with Crippen LogP contribution in [0.2, 0.25) is 0 Å². The molecule has 0 aromatic heterocycles. The first kappa shape index (κ1) is 57.0. The highest BCUT2D eigenvalue weighted by Gasteiger charge is 2.27. The highest BCUT2D eigenvalue weighted by atomic mass is 31.2. The molecule has 0 aromatic carbocycles. The zero-order valence-electron chi connectivity index (χ0n) is 39.1. The summed E-state index contributed by atoms with van der Waals surface area (Å²) in [5.74, 6) is -0.779. The van der Waals surface area contributed by atoms with Crippen LogP contribution in [0.5, 0.6) is 0 Å². The van der Waals surface area contributed by atoms with Crippen molar-refractivity contribution in [1.29, 1.82) is 0 Å². The lowest BCUT2D eigenvalue weighted by molar-refractivity contribution is -0.870. The Morgan fingerprint density at radius 1 is 0.466 bits per heavy atom. The van der Waals surface area contributed by atoms with Crippen molar-refractivity contribution in [3.05, 3.63) is 0 Å². The van der Waals surface area contributed by atoms with Crippen LogP contribution in [0.4, 0.5) is 0 Å². The molecule has 0 spiro atoms. The third kappa shape index (κ3) is 44.6. The Balaban J connectivity index is 4.23. The van der Waals surface area contributed by atoms with Crippen LogP contribution in [0, 0.1) is 0 Å². The standard InChI is InChI=1S/C48H96NO8P/c1-6-8-10-12-14-16-18-20-22-24-25-27-28-30-32-34-36-38-40-47(50)54-44-46(45-56-58(52,53)55-43-42-49(3,4)5)57-48(51)41-39-37-35-33-31-29-26-23-21-19-17-15-13-11-9-7-2/h46H,6-45H2,1-5H3/p+1/t46-/m1/s1. The number of carbonyl (C=O) groups is 2. The van der Waals surface area contributed by atoms with Crippen molar-refractivity contribution in [2.45, 2.75) is 251 Å². The predicted molar refractivity (Wildman–Crippen MR) is 243 cm³/mol. The summed E-state index contributed by atoms with van der Waals surface area (Å²) in [7, 11) is 1.50. The summed E-state index contributed by atoms with van der Waals surface area (Å²) in [6.45, 7) is 4.48. The van der Waals surface area contributed by atoms with Gasteiger partial charge in [0.05, 0.1) is 27.7 Å². The van der Waals surface area contributed by atoms with Gasteiger partial charge >= 0.3 is 19.8 Å². The molecule has 0 heterocycles. The minimum atomic E-state index is -4.37. The molecule has 346 valence electrons. The molecule has 1 N–H and O–H groups in total. The molecule has 0 aliphatic heterocycles. The van der Waals surface area contributed by atoms with Crippen LogP contribution in [-0.2, 0) is 32.7 Å². The number of esters is 2. The van der Waals surface area contributed by atoms with E-state index in [1.807, 2.05) is 21.1 Å². The van der Waals surface area contributed by atoms with Crippen LogP contribution in [0.15, 0.2) is 0 Å². The number of nitrogens with zero attached hydrogens (tertiary/aromatic N) is 1. The number of phosphoric ester groups is 1. The van der Waals surface area contributed by atoms with Gasteiger partial charge in [0.2, 0.25) is 0 Å². The molecule has 0 aliphatic carbocycles. The Hall–Kier alpha value is -0.990. The number of rotatable bonds is 46. The summed E-state index contributed by atoms with van der Waals surface area (Å²) >= 11 is 0. The van der Waals surface area contributed by atoms with Gasteiger partial charge < -0.3 is 18.9 Å². The van der Waals surface area contributed by atoms with Crippen molar-refractivity contribution in [1.82, 2.24) is 0 Å². The van der Waals surface area contributed by atoms with Gasteiger partial charge in [-0.25, -0.2) is 4.57 Å². The SMILES string of the molecule is CCCCCCCCCCCCCCCCCCCCC(=O)OC[C@H](COP(=O)(O)OCC[N+](C)(C)C)OC(=O)CCCCCCCCCCCCCCCCCC. The number of quaternary nitrogens is 1. The molecular weight excluding hydrogens is 750 g/mol. The zero-order chi connectivity index (χ0) is 42.8. The van der Waals surface area contributed by atoms with E-state index in [0.717, 1.165) is 38.5 Å². The van der Waals surface area contributed by atoms with Crippen molar-refractivity contribution in [2.24, 2.45) is 0 Å². The van der Waals surface area contributed by atoms with Crippen molar-refractivity contribution in [3.63, 3.8) is 0 Å². The lowest BCUT2D eigenvalue weighted by Crippen LogP contribution is -2.37. The van der Waals surface area contributed by atoms with Crippen LogP contribution in [0.3, 0.4) is 0 Å². The number of ether oxygens (including phenoxy) is 2. The smallest absolute Gasteiger partial charge is 0.462 e. The van der Waals surface area contributed by atoms with Crippen molar-refractivity contribution in [3.8, 4) is 0 Å². The number of carbonyl (C=O) groups excluding carboxylic acids is 2.